The minimum Gasteiger partial charge on any atom is -0.317 e. The molecule has 1 heterocycles. The molecule has 15 heteroatoms. The first kappa shape index (κ1) is 21.6. The molecular formula is C10H7ClF8N2O3S. The molecule has 1 aromatic heterocycles. The van der Waals surface area contributed by atoms with Gasteiger partial charge in [0, 0.05) is 11.6 Å². The number of ether oxygens (including phenoxy) is 1. The SMILES string of the molecule is Cc1ccc[n+]([N-]S(=O)(=O)C(F)(F)C(F)(F)OC(F)(F)C(F)(F)Cl)c1. The molecule has 0 saturated heterocycles. The predicted octanol–water partition coefficient (Wildman–Crippen LogP) is 3.38. The summed E-state index contributed by atoms with van der Waals surface area (Å²) in [7, 11) is -6.55. The van der Waals surface area contributed by atoms with Gasteiger partial charge < -0.3 is 4.83 Å². The number of alkyl halides is 9. The van der Waals surface area contributed by atoms with Crippen molar-refractivity contribution in [1.29, 1.82) is 0 Å². The second-order valence-electron chi connectivity index (χ2n) is 4.47. The second kappa shape index (κ2) is 6.39. The number of pyridine rings is 1. The van der Waals surface area contributed by atoms with Crippen LogP contribution in [0.3, 0.4) is 0 Å². The molecule has 0 N–H and O–H groups in total. The van der Waals surface area contributed by atoms with Crippen molar-refractivity contribution in [3.05, 3.63) is 34.9 Å². The van der Waals surface area contributed by atoms with Gasteiger partial charge in [-0.25, -0.2) is 17.8 Å². The first-order valence-electron chi connectivity index (χ1n) is 5.79. The van der Waals surface area contributed by atoms with Crippen molar-refractivity contribution in [1.82, 2.24) is 0 Å². The van der Waals surface area contributed by atoms with Crippen LogP contribution in [0.2, 0.25) is 0 Å². The van der Waals surface area contributed by atoms with Gasteiger partial charge in [0.25, 0.3) is 0 Å². The molecule has 144 valence electrons. The molecule has 0 spiro atoms. The lowest BCUT2D eigenvalue weighted by Gasteiger charge is -2.32. The summed E-state index contributed by atoms with van der Waals surface area (Å²) in [4.78, 5) is 2.30. The van der Waals surface area contributed by atoms with E-state index in [4.69, 9.17) is 0 Å². The van der Waals surface area contributed by atoms with Crippen molar-refractivity contribution in [3.63, 3.8) is 0 Å². The molecule has 0 bridgehead atoms. The van der Waals surface area contributed by atoms with Crippen LogP contribution in [-0.4, -0.2) is 31.3 Å². The van der Waals surface area contributed by atoms with Gasteiger partial charge in [-0.1, -0.05) is 0 Å². The molecule has 0 radical (unpaired) electrons. The monoisotopic (exact) mass is 422 g/mol. The van der Waals surface area contributed by atoms with Crippen molar-refractivity contribution < 1.29 is 53.0 Å². The van der Waals surface area contributed by atoms with E-state index in [-0.39, 0.29) is 10.2 Å². The van der Waals surface area contributed by atoms with Crippen LogP contribution >= 0.6 is 11.6 Å². The Hall–Kier alpha value is -1.41. The molecular weight excluding hydrogens is 416 g/mol. The molecule has 0 aliphatic heterocycles. The molecule has 1 aromatic rings. The average molecular weight is 423 g/mol. The summed E-state index contributed by atoms with van der Waals surface area (Å²) in [6, 6.07) is 2.46. The van der Waals surface area contributed by atoms with Crippen LogP contribution in [0.15, 0.2) is 24.5 Å². The zero-order chi connectivity index (χ0) is 19.9. The van der Waals surface area contributed by atoms with E-state index in [9.17, 15) is 43.5 Å². The molecule has 5 nitrogen and oxygen atoms in total. The molecule has 0 atom stereocenters. The van der Waals surface area contributed by atoms with Gasteiger partial charge in [0.05, 0.1) is 0 Å². The summed E-state index contributed by atoms with van der Waals surface area (Å²) < 4.78 is 128. The van der Waals surface area contributed by atoms with Crippen LogP contribution in [-0.2, 0) is 14.8 Å². The third-order valence-corrected chi connectivity index (χ3v) is 3.89. The molecule has 1 rings (SSSR count). The molecule has 25 heavy (non-hydrogen) atoms. The molecule has 0 aromatic carbocycles. The first-order chi connectivity index (χ1) is 10.9. The van der Waals surface area contributed by atoms with E-state index in [1.807, 2.05) is 0 Å². The number of nitrogens with zero attached hydrogens (tertiary/aromatic N) is 2. The molecule has 0 aliphatic carbocycles. The van der Waals surface area contributed by atoms with Gasteiger partial charge in [-0.15, -0.1) is 0 Å². The summed E-state index contributed by atoms with van der Waals surface area (Å²) in [5.41, 5.74) is 0.265. The summed E-state index contributed by atoms with van der Waals surface area (Å²) >= 11 is 3.78. The quantitative estimate of drug-likeness (QED) is 0.384. The molecule has 0 fully saturated rings. The summed E-state index contributed by atoms with van der Waals surface area (Å²) in [6.45, 7) is 1.36. The average Bonchev–Trinajstić information content (AvgIpc) is 2.34. The Morgan fingerprint density at radius 3 is 2.04 bits per heavy atom. The van der Waals surface area contributed by atoms with Gasteiger partial charge in [0.1, 0.15) is 0 Å². The Kier molecular flexibility index (Phi) is 5.53. The largest absolute Gasteiger partial charge is 0.439 e. The highest BCUT2D eigenvalue weighted by Crippen LogP contribution is 2.48. The topological polar surface area (TPSA) is 61.3 Å². The van der Waals surface area contributed by atoms with E-state index in [0.29, 0.717) is 0 Å². The lowest BCUT2D eigenvalue weighted by Crippen LogP contribution is -2.55. The lowest BCUT2D eigenvalue weighted by molar-refractivity contribution is -0.614. The Balaban J connectivity index is 3.19. The number of hydrogen-bond acceptors (Lipinski definition) is 3. The van der Waals surface area contributed by atoms with E-state index >= 15 is 0 Å². The van der Waals surface area contributed by atoms with Crippen LogP contribution in [0.1, 0.15) is 5.56 Å². The number of aryl methyl sites for hydroxylation is 1. The highest BCUT2D eigenvalue weighted by atomic mass is 35.5. The third-order valence-electron chi connectivity index (χ3n) is 2.38. The van der Waals surface area contributed by atoms with Crippen molar-refractivity contribution in [2.24, 2.45) is 0 Å². The standard InChI is InChI=1S/C10H7ClF8N2O3S/c1-6-3-2-4-21(5-6)20-25(22,23)10(18,19)9(16,17)24-8(14,15)7(11,12)13/h2-5H,1H3. The van der Waals surface area contributed by atoms with Crippen LogP contribution in [0, 0.1) is 6.92 Å². The van der Waals surface area contributed by atoms with Gasteiger partial charge in [-0.05, 0) is 24.6 Å². The minimum absolute atomic E-state index is 0.170. The van der Waals surface area contributed by atoms with Gasteiger partial charge in [-0.3, -0.25) is 0 Å². The Morgan fingerprint density at radius 2 is 1.60 bits per heavy atom. The minimum atomic E-state index is -6.60. The predicted molar refractivity (Wildman–Crippen MR) is 65.8 cm³/mol. The van der Waals surface area contributed by atoms with E-state index in [1.165, 1.54) is 13.0 Å². The highest BCUT2D eigenvalue weighted by molar-refractivity contribution is 7.94. The van der Waals surface area contributed by atoms with Crippen molar-refractivity contribution in [2.45, 2.75) is 29.8 Å². The van der Waals surface area contributed by atoms with Crippen LogP contribution in [0.4, 0.5) is 35.1 Å². The fraction of sp³-hybridized carbons (Fsp3) is 0.500. The van der Waals surface area contributed by atoms with E-state index in [1.54, 1.807) is 0 Å². The normalized spacial score (nSPS) is 14.5. The molecule has 0 amide bonds. The highest BCUT2D eigenvalue weighted by Gasteiger charge is 2.72. The number of hydrogen-bond donors (Lipinski definition) is 0. The van der Waals surface area contributed by atoms with Gasteiger partial charge in [-0.2, -0.15) is 35.1 Å². The lowest BCUT2D eigenvalue weighted by atomic mass is 10.3. The van der Waals surface area contributed by atoms with Gasteiger partial charge >= 0.3 is 22.9 Å². The molecule has 0 aliphatic rings. The second-order valence-corrected chi connectivity index (χ2v) is 6.57. The number of sulfonamides is 1. The smallest absolute Gasteiger partial charge is 0.317 e. The Morgan fingerprint density at radius 1 is 1.08 bits per heavy atom. The maximum absolute atomic E-state index is 13.5. The molecule has 0 unspecified atom stereocenters. The maximum Gasteiger partial charge on any atom is 0.439 e. The third kappa shape index (κ3) is 4.41. The molecule has 0 saturated carbocycles. The van der Waals surface area contributed by atoms with Gasteiger partial charge in [0.2, 0.25) is 10.0 Å². The number of halogens is 9. The van der Waals surface area contributed by atoms with Crippen molar-refractivity contribution in [3.8, 4) is 0 Å². The Bertz CT molecular complexity index is 738. The number of aromatic nitrogens is 1. The summed E-state index contributed by atoms with van der Waals surface area (Å²) in [5, 5.41) is -12.2. The fourth-order valence-electron chi connectivity index (χ4n) is 1.23. The van der Waals surface area contributed by atoms with E-state index in [0.717, 1.165) is 18.5 Å². The van der Waals surface area contributed by atoms with E-state index in [2.05, 4.69) is 21.2 Å². The van der Waals surface area contributed by atoms with Crippen LogP contribution in [0.5, 0.6) is 0 Å². The van der Waals surface area contributed by atoms with Crippen molar-refractivity contribution >= 4 is 21.6 Å². The fourth-order valence-corrected chi connectivity index (χ4v) is 2.07. The van der Waals surface area contributed by atoms with E-state index < -0.39 is 32.9 Å². The summed E-state index contributed by atoms with van der Waals surface area (Å²) in [5.74, 6) is 0. The zero-order valence-corrected chi connectivity index (χ0v) is 13.3. The van der Waals surface area contributed by atoms with Crippen LogP contribution < -0.4 is 4.68 Å². The Labute approximate surface area is 140 Å². The first-order valence-corrected chi connectivity index (χ1v) is 7.61. The number of rotatable bonds is 7. The van der Waals surface area contributed by atoms with Crippen LogP contribution in [0.25, 0.3) is 4.83 Å². The maximum atomic E-state index is 13.5. The summed E-state index contributed by atoms with van der Waals surface area (Å²) in [6.07, 6.45) is -11.3. The zero-order valence-electron chi connectivity index (χ0n) is 11.7. The van der Waals surface area contributed by atoms with Gasteiger partial charge in [0.15, 0.2) is 12.4 Å². The van der Waals surface area contributed by atoms with Crippen molar-refractivity contribution in [2.75, 3.05) is 0 Å².